The number of carbonyl (C=O) groups excluding carboxylic acids is 1. The predicted molar refractivity (Wildman–Crippen MR) is 155 cm³/mol. The summed E-state index contributed by atoms with van der Waals surface area (Å²) in [7, 11) is 1.60. The van der Waals surface area contributed by atoms with Crippen molar-refractivity contribution in [1.82, 2.24) is 14.7 Å². The topological polar surface area (TPSA) is 64.9 Å². The lowest BCUT2D eigenvalue weighted by atomic mass is 10.1. The van der Waals surface area contributed by atoms with E-state index in [4.69, 9.17) is 14.5 Å². The fourth-order valence-corrected chi connectivity index (χ4v) is 4.82. The fourth-order valence-electron chi connectivity index (χ4n) is 4.82. The van der Waals surface area contributed by atoms with Crippen LogP contribution >= 0.6 is 0 Å². The molecule has 0 unspecified atom stereocenters. The van der Waals surface area contributed by atoms with Crippen molar-refractivity contribution in [3.63, 3.8) is 0 Å². The molecule has 42 heavy (non-hydrogen) atoms. The number of nitrogens with one attached hydrogen (secondary N) is 1. The van der Waals surface area contributed by atoms with E-state index in [0.29, 0.717) is 24.3 Å². The van der Waals surface area contributed by atoms with Gasteiger partial charge in [0.1, 0.15) is 17.1 Å². The summed E-state index contributed by atoms with van der Waals surface area (Å²) in [5.41, 5.74) is 4.68. The Morgan fingerprint density at radius 3 is 2.40 bits per heavy atom. The zero-order valence-electron chi connectivity index (χ0n) is 23.2. The maximum atomic E-state index is 13.1. The molecule has 0 saturated carbocycles. The second-order valence-electron chi connectivity index (χ2n) is 9.72. The number of hydrogen-bond acceptors (Lipinski definition) is 4. The number of ether oxygens (including phenoxy) is 2. The van der Waals surface area contributed by atoms with Crippen molar-refractivity contribution < 1.29 is 27.4 Å². The predicted octanol–water partition coefficient (Wildman–Crippen LogP) is 7.34. The Morgan fingerprint density at radius 2 is 1.64 bits per heavy atom. The molecule has 0 aliphatic rings. The van der Waals surface area contributed by atoms with E-state index < -0.39 is 11.7 Å². The van der Waals surface area contributed by atoms with E-state index in [0.717, 1.165) is 51.6 Å². The molecule has 2 aromatic heterocycles. The smallest absolute Gasteiger partial charge is 0.416 e. The van der Waals surface area contributed by atoms with Gasteiger partial charge in [0, 0.05) is 24.7 Å². The minimum absolute atomic E-state index is 0.00103. The molecule has 0 radical (unpaired) electrons. The highest BCUT2D eigenvalue weighted by Crippen LogP contribution is 2.32. The largest absolute Gasteiger partial charge is 0.497 e. The summed E-state index contributed by atoms with van der Waals surface area (Å²) in [6.45, 7) is 2.50. The van der Waals surface area contributed by atoms with Crippen LogP contribution in [0.15, 0.2) is 91.1 Å². The number of amides is 1. The van der Waals surface area contributed by atoms with Crippen molar-refractivity contribution in [2.75, 3.05) is 13.7 Å². The van der Waals surface area contributed by atoms with Gasteiger partial charge in [-0.2, -0.15) is 13.2 Å². The summed E-state index contributed by atoms with van der Waals surface area (Å²) in [5, 5.41) is 2.75. The first-order valence-corrected chi connectivity index (χ1v) is 13.6. The number of rotatable bonds is 10. The lowest BCUT2D eigenvalue weighted by Gasteiger charge is -2.11. The molecule has 0 spiro atoms. The van der Waals surface area contributed by atoms with Gasteiger partial charge in [-0.15, -0.1) is 0 Å². The molecule has 0 saturated heterocycles. The van der Waals surface area contributed by atoms with Crippen molar-refractivity contribution >= 4 is 11.6 Å². The number of nitrogens with zero attached hydrogens (tertiary/aromatic N) is 2. The Labute approximate surface area is 241 Å². The zero-order chi connectivity index (χ0) is 29.7. The van der Waals surface area contributed by atoms with Gasteiger partial charge in [-0.1, -0.05) is 36.4 Å². The van der Waals surface area contributed by atoms with Gasteiger partial charge in [-0.25, -0.2) is 4.98 Å². The molecule has 9 heteroatoms. The minimum atomic E-state index is -4.44. The molecule has 5 rings (SSSR count). The van der Waals surface area contributed by atoms with E-state index in [-0.39, 0.29) is 18.9 Å². The average Bonchev–Trinajstić information content (AvgIpc) is 3.37. The van der Waals surface area contributed by atoms with Crippen LogP contribution in [0, 0.1) is 0 Å². The van der Waals surface area contributed by atoms with E-state index in [2.05, 4.69) is 5.32 Å². The van der Waals surface area contributed by atoms with Gasteiger partial charge in [0.2, 0.25) is 5.91 Å². The highest BCUT2D eigenvalue weighted by atomic mass is 19.4. The van der Waals surface area contributed by atoms with Crippen LogP contribution in [0.5, 0.6) is 11.5 Å². The molecular formula is C33H30F3N3O3. The summed E-state index contributed by atoms with van der Waals surface area (Å²) in [6, 6.07) is 24.3. The lowest BCUT2D eigenvalue weighted by molar-refractivity contribution is -0.137. The van der Waals surface area contributed by atoms with Gasteiger partial charge in [-0.3, -0.25) is 4.79 Å². The Hall–Kier alpha value is -4.79. The molecule has 0 bridgehead atoms. The van der Waals surface area contributed by atoms with E-state index >= 15 is 0 Å². The third-order valence-electron chi connectivity index (χ3n) is 6.87. The second kappa shape index (κ2) is 12.4. The molecule has 0 atom stereocenters. The Morgan fingerprint density at radius 1 is 0.905 bits per heavy atom. The maximum absolute atomic E-state index is 13.1. The molecule has 1 amide bonds. The number of aromatic nitrogens is 2. The molecule has 3 aromatic carbocycles. The molecule has 0 aliphatic carbocycles. The van der Waals surface area contributed by atoms with E-state index in [1.54, 1.807) is 13.2 Å². The number of hydrogen-bond donors (Lipinski definition) is 1. The molecule has 0 fully saturated rings. The Bertz CT molecular complexity index is 1710. The van der Waals surface area contributed by atoms with Crippen molar-refractivity contribution in [3.05, 3.63) is 108 Å². The number of aryl methyl sites for hydroxylation is 1. The van der Waals surface area contributed by atoms with Gasteiger partial charge in [-0.05, 0) is 78.6 Å². The van der Waals surface area contributed by atoms with Gasteiger partial charge in [0.05, 0.1) is 30.7 Å². The van der Waals surface area contributed by atoms with Crippen molar-refractivity contribution in [2.45, 2.75) is 32.5 Å². The first-order chi connectivity index (χ1) is 20.2. The van der Waals surface area contributed by atoms with Crippen LogP contribution in [-0.2, 0) is 23.9 Å². The average molecular weight is 574 g/mol. The number of halogens is 3. The normalized spacial score (nSPS) is 11.5. The van der Waals surface area contributed by atoms with E-state index in [1.165, 1.54) is 6.07 Å². The summed E-state index contributed by atoms with van der Waals surface area (Å²) < 4.78 is 52.3. The number of alkyl halides is 3. The molecule has 1 N–H and O–H groups in total. The number of imidazole rings is 1. The molecule has 6 nitrogen and oxygen atoms in total. The fraction of sp³-hybridized carbons (Fsp3) is 0.212. The summed E-state index contributed by atoms with van der Waals surface area (Å²) in [5.74, 6) is 1.18. The van der Waals surface area contributed by atoms with E-state index in [9.17, 15) is 18.0 Å². The molecule has 2 heterocycles. The number of pyridine rings is 1. The number of carbonyl (C=O) groups is 1. The van der Waals surface area contributed by atoms with Gasteiger partial charge < -0.3 is 19.2 Å². The van der Waals surface area contributed by atoms with Crippen molar-refractivity contribution in [1.29, 1.82) is 0 Å². The quantitative estimate of drug-likeness (QED) is 0.190. The monoisotopic (exact) mass is 573 g/mol. The van der Waals surface area contributed by atoms with Crippen LogP contribution in [-0.4, -0.2) is 29.0 Å². The summed E-state index contributed by atoms with van der Waals surface area (Å²) >= 11 is 0. The molecule has 216 valence electrons. The van der Waals surface area contributed by atoms with Gasteiger partial charge in [0.15, 0.2) is 0 Å². The van der Waals surface area contributed by atoms with Gasteiger partial charge in [0.25, 0.3) is 0 Å². The van der Waals surface area contributed by atoms with Gasteiger partial charge >= 0.3 is 6.18 Å². The summed E-state index contributed by atoms with van der Waals surface area (Å²) in [4.78, 5) is 17.8. The van der Waals surface area contributed by atoms with Crippen LogP contribution in [0.1, 0.15) is 30.2 Å². The third kappa shape index (κ3) is 6.57. The van der Waals surface area contributed by atoms with Crippen molar-refractivity contribution in [2.24, 2.45) is 0 Å². The molecular weight excluding hydrogens is 543 g/mol. The molecule has 0 aliphatic heterocycles. The van der Waals surface area contributed by atoms with Crippen molar-refractivity contribution in [3.8, 4) is 33.9 Å². The van der Waals surface area contributed by atoms with E-state index in [1.807, 2.05) is 78.2 Å². The standard InChI is InChI=1S/C33H30F3N3O3/c1-3-42-28-12-5-8-23(18-28)25-13-15-30-38-32(24-9-6-11-27(19-24)41-2)29(39(30)21-25)14-16-31(40)37-20-22-7-4-10-26(17-22)33(34,35)36/h4-13,15,17-19,21H,3,14,16,20H2,1-2H3,(H,37,40). The molecule has 5 aromatic rings. The van der Waals surface area contributed by atoms with Crippen LogP contribution in [0.3, 0.4) is 0 Å². The second-order valence-corrected chi connectivity index (χ2v) is 9.72. The number of methoxy groups -OCH3 is 1. The minimum Gasteiger partial charge on any atom is -0.497 e. The highest BCUT2D eigenvalue weighted by molar-refractivity contribution is 5.77. The van der Waals surface area contributed by atoms with Crippen LogP contribution in [0.2, 0.25) is 0 Å². The number of benzene rings is 3. The number of fused-ring (bicyclic) bond motifs is 1. The lowest BCUT2D eigenvalue weighted by Crippen LogP contribution is -2.23. The third-order valence-corrected chi connectivity index (χ3v) is 6.87. The first-order valence-electron chi connectivity index (χ1n) is 13.6. The maximum Gasteiger partial charge on any atom is 0.416 e. The first kappa shape index (κ1) is 28.7. The highest BCUT2D eigenvalue weighted by Gasteiger charge is 2.30. The SMILES string of the molecule is CCOc1cccc(-c2ccc3nc(-c4cccc(OC)c4)c(CCC(=O)NCc4cccc(C(F)(F)F)c4)n3c2)c1. The summed E-state index contributed by atoms with van der Waals surface area (Å²) in [6.07, 6.45) is -1.98. The van der Waals surface area contributed by atoms with Crippen LogP contribution in [0.4, 0.5) is 13.2 Å². The Balaban J connectivity index is 1.43. The zero-order valence-corrected chi connectivity index (χ0v) is 23.2. The Kier molecular flexibility index (Phi) is 8.47. The van der Waals surface area contributed by atoms with Crippen LogP contribution in [0.25, 0.3) is 28.0 Å². The van der Waals surface area contributed by atoms with Crippen LogP contribution < -0.4 is 14.8 Å².